The van der Waals surface area contributed by atoms with Crippen LogP contribution in [0.25, 0.3) is 0 Å². The van der Waals surface area contributed by atoms with Gasteiger partial charge in [-0.1, -0.05) is 18.2 Å². The zero-order valence-corrected chi connectivity index (χ0v) is 11.2. The first-order valence-corrected chi connectivity index (χ1v) is 6.89. The lowest BCUT2D eigenvalue weighted by Gasteiger charge is -2.30. The van der Waals surface area contributed by atoms with E-state index in [2.05, 4.69) is 11.1 Å². The maximum absolute atomic E-state index is 14.4. The zero-order valence-electron chi connectivity index (χ0n) is 10.4. The Bertz CT molecular complexity index is 600. The summed E-state index contributed by atoms with van der Waals surface area (Å²) >= 11 is 5.76. The third kappa shape index (κ3) is 2.19. The van der Waals surface area contributed by atoms with Crippen molar-refractivity contribution in [3.63, 3.8) is 0 Å². The Kier molecular flexibility index (Phi) is 3.38. The fourth-order valence-corrected chi connectivity index (χ4v) is 2.72. The highest BCUT2D eigenvalue weighted by molar-refractivity contribution is 6.17. The van der Waals surface area contributed by atoms with Crippen LogP contribution in [0, 0.1) is 5.82 Å². The van der Waals surface area contributed by atoms with Gasteiger partial charge in [0.1, 0.15) is 0 Å². The standard InChI is InChI=1S/C15H14ClFN2/c16-10-12-7-8-18-15(14(12)17)19-9-3-5-11-4-1-2-6-13(11)19/h1-2,4,6-8H,3,5,9-10H2. The molecule has 0 N–H and O–H groups in total. The van der Waals surface area contributed by atoms with Gasteiger partial charge in [0.05, 0.1) is 5.88 Å². The van der Waals surface area contributed by atoms with Crippen LogP contribution in [-0.2, 0) is 12.3 Å². The molecule has 1 aliphatic rings. The van der Waals surface area contributed by atoms with Crippen LogP contribution in [0.4, 0.5) is 15.9 Å². The smallest absolute Gasteiger partial charge is 0.170 e. The second-order valence-corrected chi connectivity index (χ2v) is 4.89. The van der Waals surface area contributed by atoms with Crippen LogP contribution in [0.5, 0.6) is 0 Å². The van der Waals surface area contributed by atoms with Crippen molar-refractivity contribution in [2.45, 2.75) is 18.7 Å². The number of nitrogens with zero attached hydrogens (tertiary/aromatic N) is 2. The summed E-state index contributed by atoms with van der Waals surface area (Å²) in [6, 6.07) is 9.72. The molecule has 0 saturated carbocycles. The van der Waals surface area contributed by atoms with E-state index in [0.717, 1.165) is 25.1 Å². The van der Waals surface area contributed by atoms with E-state index < -0.39 is 0 Å². The Morgan fingerprint density at radius 1 is 1.26 bits per heavy atom. The summed E-state index contributed by atoms with van der Waals surface area (Å²) in [6.07, 6.45) is 3.65. The van der Waals surface area contributed by atoms with Gasteiger partial charge in [-0.2, -0.15) is 0 Å². The summed E-state index contributed by atoms with van der Waals surface area (Å²) in [5.74, 6) is 0.233. The molecule has 1 aromatic heterocycles. The molecule has 0 amide bonds. The largest absolute Gasteiger partial charge is 0.324 e. The first kappa shape index (κ1) is 12.4. The van der Waals surface area contributed by atoms with Gasteiger partial charge in [-0.05, 0) is 30.5 Å². The summed E-state index contributed by atoms with van der Waals surface area (Å²) in [7, 11) is 0. The minimum atomic E-state index is -0.311. The number of benzene rings is 1. The summed E-state index contributed by atoms with van der Waals surface area (Å²) in [5, 5.41) is 0. The Morgan fingerprint density at radius 3 is 2.95 bits per heavy atom. The first-order chi connectivity index (χ1) is 9.31. The third-order valence-corrected chi connectivity index (χ3v) is 3.75. The van der Waals surface area contributed by atoms with Crippen LogP contribution >= 0.6 is 11.6 Å². The molecular formula is C15H14ClFN2. The highest BCUT2D eigenvalue weighted by atomic mass is 35.5. The van der Waals surface area contributed by atoms with Crippen molar-refractivity contribution in [1.82, 2.24) is 4.98 Å². The molecule has 1 aliphatic heterocycles. The number of alkyl halides is 1. The molecule has 1 aromatic carbocycles. The molecule has 0 spiro atoms. The second-order valence-electron chi connectivity index (χ2n) is 4.63. The van der Waals surface area contributed by atoms with Gasteiger partial charge in [0.2, 0.25) is 0 Å². The SMILES string of the molecule is Fc1c(CCl)ccnc1N1CCCc2ccccc21. The Hall–Kier alpha value is -1.61. The van der Waals surface area contributed by atoms with E-state index >= 15 is 0 Å². The van der Waals surface area contributed by atoms with Crippen molar-refractivity contribution < 1.29 is 4.39 Å². The Morgan fingerprint density at radius 2 is 2.11 bits per heavy atom. The van der Waals surface area contributed by atoms with Crippen LogP contribution in [0.3, 0.4) is 0 Å². The summed E-state index contributed by atoms with van der Waals surface area (Å²) in [6.45, 7) is 0.784. The number of hydrogen-bond acceptors (Lipinski definition) is 2. The maximum atomic E-state index is 14.4. The number of pyridine rings is 1. The zero-order chi connectivity index (χ0) is 13.2. The fraction of sp³-hybridized carbons (Fsp3) is 0.267. The maximum Gasteiger partial charge on any atom is 0.170 e. The van der Waals surface area contributed by atoms with E-state index in [0.29, 0.717) is 11.4 Å². The van der Waals surface area contributed by atoms with Gasteiger partial charge in [-0.25, -0.2) is 9.37 Å². The highest BCUT2D eigenvalue weighted by Crippen LogP contribution is 2.34. The summed E-state index contributed by atoms with van der Waals surface area (Å²) in [5.41, 5.74) is 2.79. The minimum Gasteiger partial charge on any atom is -0.324 e. The predicted octanol–water partition coefficient (Wildman–Crippen LogP) is 4.04. The Labute approximate surface area is 116 Å². The minimum absolute atomic E-state index is 0.164. The molecule has 3 rings (SSSR count). The fourth-order valence-electron chi connectivity index (χ4n) is 2.52. The molecule has 0 aliphatic carbocycles. The Balaban J connectivity index is 2.09. The molecule has 0 bridgehead atoms. The molecule has 0 unspecified atom stereocenters. The van der Waals surface area contributed by atoms with Crippen LogP contribution in [0.15, 0.2) is 36.5 Å². The van der Waals surface area contributed by atoms with Crippen molar-refractivity contribution in [1.29, 1.82) is 0 Å². The van der Waals surface area contributed by atoms with Crippen molar-refractivity contribution in [3.8, 4) is 0 Å². The van der Waals surface area contributed by atoms with E-state index in [4.69, 9.17) is 11.6 Å². The number of fused-ring (bicyclic) bond motifs is 1. The van der Waals surface area contributed by atoms with Gasteiger partial charge in [-0.3, -0.25) is 0 Å². The van der Waals surface area contributed by atoms with Gasteiger partial charge in [0.25, 0.3) is 0 Å². The quantitative estimate of drug-likeness (QED) is 0.770. The van der Waals surface area contributed by atoms with Crippen LogP contribution in [0.1, 0.15) is 17.5 Å². The lowest BCUT2D eigenvalue weighted by atomic mass is 10.0. The van der Waals surface area contributed by atoms with E-state index in [1.54, 1.807) is 12.3 Å². The predicted molar refractivity (Wildman–Crippen MR) is 75.5 cm³/mol. The topological polar surface area (TPSA) is 16.1 Å². The number of hydrogen-bond donors (Lipinski definition) is 0. The lowest BCUT2D eigenvalue weighted by molar-refractivity contribution is 0.603. The van der Waals surface area contributed by atoms with Gasteiger partial charge < -0.3 is 4.90 Å². The average molecular weight is 277 g/mol. The number of rotatable bonds is 2. The van der Waals surface area contributed by atoms with E-state index in [-0.39, 0.29) is 11.7 Å². The number of anilines is 2. The molecule has 4 heteroatoms. The van der Waals surface area contributed by atoms with E-state index in [1.165, 1.54) is 5.56 Å². The summed E-state index contributed by atoms with van der Waals surface area (Å²) < 4.78 is 14.4. The molecular weight excluding hydrogens is 263 g/mol. The van der Waals surface area contributed by atoms with E-state index in [9.17, 15) is 4.39 Å². The monoisotopic (exact) mass is 276 g/mol. The molecule has 0 radical (unpaired) electrons. The number of halogens is 2. The number of aryl methyl sites for hydroxylation is 1. The first-order valence-electron chi connectivity index (χ1n) is 6.36. The van der Waals surface area contributed by atoms with Crippen LogP contribution in [-0.4, -0.2) is 11.5 Å². The van der Waals surface area contributed by atoms with Gasteiger partial charge in [0, 0.05) is 24.0 Å². The van der Waals surface area contributed by atoms with Gasteiger partial charge in [-0.15, -0.1) is 11.6 Å². The second kappa shape index (κ2) is 5.17. The molecule has 0 atom stereocenters. The molecule has 2 nitrogen and oxygen atoms in total. The normalized spacial score (nSPS) is 14.3. The average Bonchev–Trinajstić information content (AvgIpc) is 2.47. The number of aromatic nitrogens is 1. The molecule has 0 fully saturated rings. The molecule has 2 aromatic rings. The van der Waals surface area contributed by atoms with Crippen molar-refractivity contribution in [2.24, 2.45) is 0 Å². The van der Waals surface area contributed by atoms with Crippen molar-refractivity contribution in [3.05, 3.63) is 53.5 Å². The van der Waals surface area contributed by atoms with Crippen molar-refractivity contribution in [2.75, 3.05) is 11.4 Å². The number of para-hydroxylation sites is 1. The highest BCUT2D eigenvalue weighted by Gasteiger charge is 2.22. The van der Waals surface area contributed by atoms with E-state index in [1.807, 2.05) is 23.1 Å². The molecule has 98 valence electrons. The summed E-state index contributed by atoms with van der Waals surface area (Å²) in [4.78, 5) is 6.15. The molecule has 0 saturated heterocycles. The lowest BCUT2D eigenvalue weighted by Crippen LogP contribution is -2.26. The third-order valence-electron chi connectivity index (χ3n) is 3.46. The molecule has 2 heterocycles. The van der Waals surface area contributed by atoms with Crippen LogP contribution in [0.2, 0.25) is 0 Å². The van der Waals surface area contributed by atoms with Crippen LogP contribution < -0.4 is 4.90 Å². The van der Waals surface area contributed by atoms with Gasteiger partial charge >= 0.3 is 0 Å². The molecule has 19 heavy (non-hydrogen) atoms. The van der Waals surface area contributed by atoms with Crippen molar-refractivity contribution >= 4 is 23.1 Å². The van der Waals surface area contributed by atoms with Gasteiger partial charge in [0.15, 0.2) is 11.6 Å².